The second-order valence-electron chi connectivity index (χ2n) is 6.62. The van der Waals surface area contributed by atoms with Crippen LogP contribution in [0.4, 0.5) is 0 Å². The summed E-state index contributed by atoms with van der Waals surface area (Å²) >= 11 is 0. The minimum absolute atomic E-state index is 0.0365. The van der Waals surface area contributed by atoms with Gasteiger partial charge in [0.1, 0.15) is 11.9 Å². The minimum Gasteiger partial charge on any atom is -0.488 e. The van der Waals surface area contributed by atoms with Gasteiger partial charge in [0.25, 0.3) is 5.16 Å². The summed E-state index contributed by atoms with van der Waals surface area (Å²) in [5, 5.41) is 3.15. The molecule has 1 aromatic heterocycles. The maximum absolute atomic E-state index is 12.8. The summed E-state index contributed by atoms with van der Waals surface area (Å²) in [6.45, 7) is 5.63. The van der Waals surface area contributed by atoms with Crippen LogP contribution in [-0.2, 0) is 15.3 Å². The summed E-state index contributed by atoms with van der Waals surface area (Å²) in [6, 6.07) is 6.80. The lowest BCUT2D eigenvalue weighted by atomic mass is 9.74. The zero-order valence-electron chi connectivity index (χ0n) is 13.6. The van der Waals surface area contributed by atoms with E-state index in [4.69, 9.17) is 4.74 Å². The fourth-order valence-electron chi connectivity index (χ4n) is 3.50. The van der Waals surface area contributed by atoms with Gasteiger partial charge in [0.2, 0.25) is 9.84 Å². The van der Waals surface area contributed by atoms with Gasteiger partial charge in [0.15, 0.2) is 0 Å². The van der Waals surface area contributed by atoms with Crippen LogP contribution in [0.2, 0.25) is 0 Å². The summed E-state index contributed by atoms with van der Waals surface area (Å²) in [6.07, 6.45) is 2.47. The molecule has 0 bridgehead atoms. The molecule has 0 spiro atoms. The lowest BCUT2D eigenvalue weighted by Crippen LogP contribution is -2.49. The first-order valence-corrected chi connectivity index (χ1v) is 9.46. The number of ether oxygens (including phenoxy) is 1. The van der Waals surface area contributed by atoms with E-state index in [1.165, 1.54) is 6.20 Å². The van der Waals surface area contributed by atoms with E-state index in [9.17, 15) is 8.42 Å². The molecule has 2 aliphatic rings. The highest BCUT2D eigenvalue weighted by Crippen LogP contribution is 2.47. The number of nitrogens with one attached hydrogen (secondary N) is 1. The smallest absolute Gasteiger partial charge is 0.252 e. The van der Waals surface area contributed by atoms with Gasteiger partial charge in [-0.15, -0.1) is 0 Å². The molecule has 0 saturated carbocycles. The molecule has 2 aromatic rings. The van der Waals surface area contributed by atoms with Gasteiger partial charge in [-0.2, -0.15) is 0 Å². The molecule has 1 fully saturated rings. The number of sulfone groups is 1. The van der Waals surface area contributed by atoms with Crippen LogP contribution >= 0.6 is 0 Å². The van der Waals surface area contributed by atoms with Crippen molar-refractivity contribution in [3.8, 4) is 5.75 Å². The highest BCUT2D eigenvalue weighted by molar-refractivity contribution is 7.91. The van der Waals surface area contributed by atoms with Crippen LogP contribution in [0.15, 0.2) is 40.5 Å². The van der Waals surface area contributed by atoms with E-state index < -0.39 is 9.84 Å². The lowest BCUT2D eigenvalue weighted by Gasteiger charge is -2.35. The first-order chi connectivity index (χ1) is 11.4. The van der Waals surface area contributed by atoms with Gasteiger partial charge in [0.05, 0.1) is 4.90 Å². The van der Waals surface area contributed by atoms with Crippen LogP contribution in [0, 0.1) is 6.92 Å². The summed E-state index contributed by atoms with van der Waals surface area (Å²) in [4.78, 5) is 8.14. The SMILES string of the molecule is Cc1ccnc(S(=O)(=O)c2ccc3c(c2)OC2CNCCC32C)n1. The van der Waals surface area contributed by atoms with Gasteiger partial charge in [-0.25, -0.2) is 18.4 Å². The van der Waals surface area contributed by atoms with Gasteiger partial charge in [-0.1, -0.05) is 13.0 Å². The number of piperidine rings is 1. The van der Waals surface area contributed by atoms with Crippen molar-refractivity contribution in [2.24, 2.45) is 0 Å². The number of hydrogen-bond acceptors (Lipinski definition) is 6. The molecule has 0 amide bonds. The number of benzene rings is 1. The maximum Gasteiger partial charge on any atom is 0.252 e. The average molecular weight is 345 g/mol. The predicted octanol–water partition coefficient (Wildman–Crippen LogP) is 1.63. The van der Waals surface area contributed by atoms with Crippen molar-refractivity contribution in [3.05, 3.63) is 41.7 Å². The number of nitrogens with zero attached hydrogens (tertiary/aromatic N) is 2. The number of rotatable bonds is 2. The van der Waals surface area contributed by atoms with Crippen molar-refractivity contribution in [2.45, 2.75) is 41.8 Å². The van der Waals surface area contributed by atoms with Gasteiger partial charge in [0, 0.05) is 29.4 Å². The van der Waals surface area contributed by atoms with Crippen LogP contribution < -0.4 is 10.1 Å². The Bertz CT molecular complexity index is 913. The van der Waals surface area contributed by atoms with Gasteiger partial charge >= 0.3 is 0 Å². The third-order valence-electron chi connectivity index (χ3n) is 5.02. The maximum atomic E-state index is 12.8. The molecule has 0 radical (unpaired) electrons. The first-order valence-electron chi connectivity index (χ1n) is 7.98. The fourth-order valence-corrected chi connectivity index (χ4v) is 4.68. The molecule has 2 atom stereocenters. The molecular weight excluding hydrogens is 326 g/mol. The van der Waals surface area contributed by atoms with Crippen LogP contribution in [-0.4, -0.2) is 37.6 Å². The molecule has 24 heavy (non-hydrogen) atoms. The molecule has 7 heteroatoms. The van der Waals surface area contributed by atoms with Crippen LogP contribution in [0.3, 0.4) is 0 Å². The molecule has 126 valence electrons. The van der Waals surface area contributed by atoms with Gasteiger partial charge < -0.3 is 10.1 Å². The summed E-state index contributed by atoms with van der Waals surface area (Å²) in [5.74, 6) is 0.653. The number of hydrogen-bond donors (Lipinski definition) is 1. The largest absolute Gasteiger partial charge is 0.488 e. The average Bonchev–Trinajstić information content (AvgIpc) is 2.86. The highest BCUT2D eigenvalue weighted by Gasteiger charge is 2.46. The molecule has 1 N–H and O–H groups in total. The monoisotopic (exact) mass is 345 g/mol. The zero-order chi connectivity index (χ0) is 16.9. The molecule has 2 aliphatic heterocycles. The van der Waals surface area contributed by atoms with E-state index in [0.717, 1.165) is 25.1 Å². The Morgan fingerprint density at radius 1 is 1.33 bits per heavy atom. The molecule has 0 aliphatic carbocycles. The molecule has 2 unspecified atom stereocenters. The van der Waals surface area contributed by atoms with Crippen molar-refractivity contribution in [1.29, 1.82) is 0 Å². The van der Waals surface area contributed by atoms with E-state index in [0.29, 0.717) is 11.4 Å². The topological polar surface area (TPSA) is 81.2 Å². The van der Waals surface area contributed by atoms with Gasteiger partial charge in [-0.3, -0.25) is 0 Å². The predicted molar refractivity (Wildman–Crippen MR) is 87.9 cm³/mol. The Labute approximate surface area is 141 Å². The quantitative estimate of drug-likeness (QED) is 0.833. The molecule has 4 rings (SSSR count). The van der Waals surface area contributed by atoms with Crippen molar-refractivity contribution in [1.82, 2.24) is 15.3 Å². The molecule has 3 heterocycles. The highest BCUT2D eigenvalue weighted by atomic mass is 32.2. The fraction of sp³-hybridized carbons (Fsp3) is 0.412. The third-order valence-corrected chi connectivity index (χ3v) is 6.57. The Balaban J connectivity index is 1.78. The van der Waals surface area contributed by atoms with Crippen molar-refractivity contribution in [3.63, 3.8) is 0 Å². The Morgan fingerprint density at radius 2 is 2.17 bits per heavy atom. The van der Waals surface area contributed by atoms with E-state index in [-0.39, 0.29) is 21.6 Å². The van der Waals surface area contributed by atoms with E-state index in [2.05, 4.69) is 22.2 Å². The summed E-state index contributed by atoms with van der Waals surface area (Å²) < 4.78 is 31.6. The minimum atomic E-state index is -3.75. The molecular formula is C17H19N3O3S. The van der Waals surface area contributed by atoms with E-state index >= 15 is 0 Å². The van der Waals surface area contributed by atoms with Crippen molar-refractivity contribution >= 4 is 9.84 Å². The second-order valence-corrected chi connectivity index (χ2v) is 8.46. The molecule has 1 aromatic carbocycles. The zero-order valence-corrected chi connectivity index (χ0v) is 14.4. The van der Waals surface area contributed by atoms with E-state index in [1.54, 1.807) is 25.1 Å². The number of aryl methyl sites for hydroxylation is 1. The second kappa shape index (κ2) is 5.26. The van der Waals surface area contributed by atoms with E-state index in [1.807, 2.05) is 6.07 Å². The van der Waals surface area contributed by atoms with Gasteiger partial charge in [-0.05, 0) is 38.1 Å². The third kappa shape index (κ3) is 2.22. The van der Waals surface area contributed by atoms with Crippen LogP contribution in [0.25, 0.3) is 0 Å². The first kappa shape index (κ1) is 15.5. The Morgan fingerprint density at radius 3 is 2.96 bits per heavy atom. The number of fused-ring (bicyclic) bond motifs is 3. The summed E-state index contributed by atoms with van der Waals surface area (Å²) in [5.41, 5.74) is 1.63. The Hall–Kier alpha value is -1.99. The van der Waals surface area contributed by atoms with Crippen molar-refractivity contribution < 1.29 is 13.2 Å². The standard InChI is InChI=1S/C17H19N3O3S/c1-11-5-7-19-16(20-11)24(21,22)12-3-4-13-14(9-12)23-15-10-18-8-6-17(13,15)2/h3-5,7,9,15,18H,6,8,10H2,1-2H3. The number of aromatic nitrogens is 2. The normalized spacial score (nSPS) is 25.7. The van der Waals surface area contributed by atoms with Crippen LogP contribution in [0.1, 0.15) is 24.6 Å². The van der Waals surface area contributed by atoms with Crippen LogP contribution in [0.5, 0.6) is 5.75 Å². The van der Waals surface area contributed by atoms with Crippen molar-refractivity contribution in [2.75, 3.05) is 13.1 Å². The lowest BCUT2D eigenvalue weighted by molar-refractivity contribution is 0.123. The Kier molecular flexibility index (Phi) is 3.40. The summed E-state index contributed by atoms with van der Waals surface area (Å²) in [7, 11) is -3.75. The molecule has 6 nitrogen and oxygen atoms in total. The molecule has 1 saturated heterocycles.